The second kappa shape index (κ2) is 17.4. The number of benzene rings is 1. The number of aliphatic hydroxyl groups excluding tert-OH is 1. The van der Waals surface area contributed by atoms with Crippen LogP contribution in [0.25, 0.3) is 0 Å². The average molecular weight is 573 g/mol. The third kappa shape index (κ3) is 10.7. The lowest BCUT2D eigenvalue weighted by Crippen LogP contribution is -2.36. The van der Waals surface area contributed by atoms with Gasteiger partial charge in [0.05, 0.1) is 21.3 Å². The van der Waals surface area contributed by atoms with E-state index in [2.05, 4.69) is 50.9 Å². The molecule has 2 fully saturated rings. The van der Waals surface area contributed by atoms with Crippen LogP contribution in [0.15, 0.2) is 36.4 Å². The van der Waals surface area contributed by atoms with Crippen molar-refractivity contribution >= 4 is 14.0 Å². The standard InChI is InChI=1S/C34H56O4Si.CH4/c1-6-7-23-39(4,5)33-20-16-31(17-21-33)29-12-10-28(11-13-29)30-14-18-32(19-15-30)37-22-8-9-27(24-35)25-38-34(36)26(2)3;/h14-15,18-19,27-29,31,33,35H,2,6-13,16-17,20-25H2,1,3-5H3;1H4. The summed E-state index contributed by atoms with van der Waals surface area (Å²) in [6.45, 7) is 13.7. The van der Waals surface area contributed by atoms with Gasteiger partial charge in [0.1, 0.15) is 5.75 Å². The fourth-order valence-electron chi connectivity index (χ4n) is 7.07. The maximum Gasteiger partial charge on any atom is 0.333 e. The molecule has 2 aliphatic carbocycles. The Labute approximate surface area is 247 Å². The van der Waals surface area contributed by atoms with Gasteiger partial charge in [-0.25, -0.2) is 4.79 Å². The zero-order valence-corrected chi connectivity index (χ0v) is 26.4. The number of ether oxygens (including phenoxy) is 2. The highest BCUT2D eigenvalue weighted by Gasteiger charge is 2.37. The van der Waals surface area contributed by atoms with Crippen molar-refractivity contribution in [2.24, 2.45) is 17.8 Å². The molecular formula is C35H60O4Si. The largest absolute Gasteiger partial charge is 0.494 e. The molecule has 1 unspecified atom stereocenters. The van der Waals surface area contributed by atoms with E-state index in [0.717, 1.165) is 36.0 Å². The SMILES string of the molecule is C.C=C(C)C(=O)OCC(CO)CCCOc1ccc(C2CCC(C3CCC([Si](C)(C)CCCC)CC3)CC2)cc1. The van der Waals surface area contributed by atoms with E-state index in [4.69, 9.17) is 9.47 Å². The number of carbonyl (C=O) groups excluding carboxylic acids is 1. The van der Waals surface area contributed by atoms with E-state index < -0.39 is 14.0 Å². The third-order valence-corrected chi connectivity index (χ3v) is 14.4. The van der Waals surface area contributed by atoms with Gasteiger partial charge in [0.15, 0.2) is 0 Å². The fraction of sp³-hybridized carbons (Fsp3) is 0.743. The molecule has 3 rings (SSSR count). The highest BCUT2D eigenvalue weighted by Crippen LogP contribution is 2.48. The van der Waals surface area contributed by atoms with Crippen LogP contribution < -0.4 is 4.74 Å². The van der Waals surface area contributed by atoms with E-state index in [-0.39, 0.29) is 26.6 Å². The molecule has 0 saturated heterocycles. The number of hydrogen-bond acceptors (Lipinski definition) is 4. The first-order chi connectivity index (χ1) is 18.7. The lowest BCUT2D eigenvalue weighted by molar-refractivity contribution is -0.140. The molecule has 5 heteroatoms. The van der Waals surface area contributed by atoms with Crippen molar-refractivity contribution in [2.45, 2.75) is 129 Å². The second-order valence-corrected chi connectivity index (χ2v) is 18.6. The molecule has 0 radical (unpaired) electrons. The predicted molar refractivity (Wildman–Crippen MR) is 172 cm³/mol. The molecule has 1 atom stereocenters. The molecule has 0 aromatic heterocycles. The molecule has 0 heterocycles. The van der Waals surface area contributed by atoms with Crippen molar-refractivity contribution in [2.75, 3.05) is 19.8 Å². The third-order valence-electron chi connectivity index (χ3n) is 9.92. The number of hydrogen-bond donors (Lipinski definition) is 1. The average Bonchev–Trinajstić information content (AvgIpc) is 2.96. The summed E-state index contributed by atoms with van der Waals surface area (Å²) in [4.78, 5) is 11.5. The van der Waals surface area contributed by atoms with Crippen molar-refractivity contribution in [3.8, 4) is 5.75 Å². The first-order valence-corrected chi connectivity index (χ1v) is 19.2. The lowest BCUT2D eigenvalue weighted by Gasteiger charge is -2.42. The quantitative estimate of drug-likeness (QED) is 0.0984. The molecular weight excluding hydrogens is 512 g/mol. The van der Waals surface area contributed by atoms with Gasteiger partial charge in [0.25, 0.3) is 0 Å². The molecule has 1 aromatic carbocycles. The van der Waals surface area contributed by atoms with E-state index in [0.29, 0.717) is 18.1 Å². The molecule has 40 heavy (non-hydrogen) atoms. The van der Waals surface area contributed by atoms with Crippen LogP contribution in [-0.4, -0.2) is 39.0 Å². The van der Waals surface area contributed by atoms with Gasteiger partial charge in [-0.1, -0.05) is 90.7 Å². The van der Waals surface area contributed by atoms with Gasteiger partial charge < -0.3 is 14.6 Å². The van der Waals surface area contributed by atoms with Crippen molar-refractivity contribution < 1.29 is 19.4 Å². The van der Waals surface area contributed by atoms with Gasteiger partial charge in [0, 0.05) is 18.1 Å². The van der Waals surface area contributed by atoms with Gasteiger partial charge in [-0.3, -0.25) is 0 Å². The van der Waals surface area contributed by atoms with Crippen molar-refractivity contribution in [3.05, 3.63) is 42.0 Å². The van der Waals surface area contributed by atoms with E-state index in [1.165, 1.54) is 75.8 Å². The van der Waals surface area contributed by atoms with Crippen LogP contribution in [0.3, 0.4) is 0 Å². The Kier molecular flexibility index (Phi) is 15.0. The molecule has 0 spiro atoms. The first kappa shape index (κ1) is 34.6. The Morgan fingerprint density at radius 2 is 1.60 bits per heavy atom. The van der Waals surface area contributed by atoms with E-state index in [1.54, 1.807) is 6.92 Å². The number of carbonyl (C=O) groups is 1. The summed E-state index contributed by atoms with van der Waals surface area (Å²) in [6.07, 6.45) is 15.8. The Morgan fingerprint density at radius 1 is 1.00 bits per heavy atom. The molecule has 1 N–H and O–H groups in total. The predicted octanol–water partition coefficient (Wildman–Crippen LogP) is 9.55. The van der Waals surface area contributed by atoms with Gasteiger partial charge in [-0.2, -0.15) is 0 Å². The highest BCUT2D eigenvalue weighted by atomic mass is 28.3. The van der Waals surface area contributed by atoms with Crippen molar-refractivity contribution in [3.63, 3.8) is 0 Å². The van der Waals surface area contributed by atoms with Crippen LogP contribution in [0.2, 0.25) is 24.7 Å². The van der Waals surface area contributed by atoms with Gasteiger partial charge in [-0.05, 0) is 86.4 Å². The number of rotatable bonds is 15. The zero-order valence-electron chi connectivity index (χ0n) is 25.4. The molecule has 4 nitrogen and oxygen atoms in total. The molecule has 228 valence electrons. The summed E-state index contributed by atoms with van der Waals surface area (Å²) in [6, 6.07) is 10.3. The number of unbranched alkanes of at least 4 members (excludes halogenated alkanes) is 1. The minimum Gasteiger partial charge on any atom is -0.494 e. The Bertz CT molecular complexity index is 864. The molecule has 0 amide bonds. The Balaban J connectivity index is 0.00000560. The number of esters is 1. The zero-order chi connectivity index (χ0) is 28.3. The van der Waals surface area contributed by atoms with Crippen molar-refractivity contribution in [1.82, 2.24) is 0 Å². The fourth-order valence-corrected chi connectivity index (χ4v) is 10.6. The highest BCUT2D eigenvalue weighted by molar-refractivity contribution is 6.78. The van der Waals surface area contributed by atoms with Crippen LogP contribution in [-0.2, 0) is 9.53 Å². The number of aliphatic hydroxyl groups is 1. The molecule has 2 saturated carbocycles. The minimum absolute atomic E-state index is 0. The van der Waals surface area contributed by atoms with Crippen LogP contribution >= 0.6 is 0 Å². The van der Waals surface area contributed by atoms with Crippen LogP contribution in [0.5, 0.6) is 5.75 Å². The van der Waals surface area contributed by atoms with Crippen LogP contribution in [0.4, 0.5) is 0 Å². The minimum atomic E-state index is -1.03. The molecule has 1 aromatic rings. The van der Waals surface area contributed by atoms with E-state index in [1.807, 2.05) is 0 Å². The maximum absolute atomic E-state index is 11.5. The summed E-state index contributed by atoms with van der Waals surface area (Å²) in [5.74, 6) is 3.07. The topological polar surface area (TPSA) is 55.8 Å². The smallest absolute Gasteiger partial charge is 0.333 e. The van der Waals surface area contributed by atoms with Gasteiger partial charge in [-0.15, -0.1) is 0 Å². The Hall–Kier alpha value is -1.59. The first-order valence-electron chi connectivity index (χ1n) is 15.9. The summed E-state index contributed by atoms with van der Waals surface area (Å²) in [7, 11) is -1.03. The van der Waals surface area contributed by atoms with E-state index in [9.17, 15) is 9.90 Å². The Morgan fingerprint density at radius 3 is 2.15 bits per heavy atom. The lowest BCUT2D eigenvalue weighted by atomic mass is 9.70. The van der Waals surface area contributed by atoms with E-state index >= 15 is 0 Å². The van der Waals surface area contributed by atoms with Gasteiger partial charge >= 0.3 is 5.97 Å². The van der Waals surface area contributed by atoms with Gasteiger partial charge in [0.2, 0.25) is 0 Å². The normalized spacial score (nSPS) is 24.0. The monoisotopic (exact) mass is 572 g/mol. The van der Waals surface area contributed by atoms with Crippen LogP contribution in [0.1, 0.15) is 110 Å². The molecule has 0 bridgehead atoms. The summed E-state index contributed by atoms with van der Waals surface area (Å²) < 4.78 is 11.1. The molecule has 2 aliphatic rings. The maximum atomic E-state index is 11.5. The van der Waals surface area contributed by atoms with Crippen LogP contribution in [0, 0.1) is 17.8 Å². The molecule has 0 aliphatic heterocycles. The second-order valence-electron chi connectivity index (χ2n) is 13.3. The summed E-state index contributed by atoms with van der Waals surface area (Å²) >= 11 is 0. The van der Waals surface area contributed by atoms with Crippen molar-refractivity contribution in [1.29, 1.82) is 0 Å². The summed E-state index contributed by atoms with van der Waals surface area (Å²) in [5.41, 5.74) is 2.92. The summed E-state index contributed by atoms with van der Waals surface area (Å²) in [5, 5.41) is 9.55.